The zero-order chi connectivity index (χ0) is 13.1. The first kappa shape index (κ1) is 13.0. The van der Waals surface area contributed by atoms with Gasteiger partial charge >= 0.3 is 0 Å². The quantitative estimate of drug-likeness (QED) is 0.854. The second kappa shape index (κ2) is 5.46. The first-order valence-electron chi connectivity index (χ1n) is 5.18. The van der Waals surface area contributed by atoms with Crippen LogP contribution in [0.5, 0.6) is 5.75 Å². The molecule has 94 valence electrons. The Morgan fingerprint density at radius 1 is 1.11 bits per heavy atom. The van der Waals surface area contributed by atoms with E-state index in [2.05, 4.69) is 0 Å². The summed E-state index contributed by atoms with van der Waals surface area (Å²) < 4.78 is 18.5. The van der Waals surface area contributed by atoms with Gasteiger partial charge in [-0.25, -0.2) is 4.39 Å². The summed E-state index contributed by atoms with van der Waals surface area (Å²) in [6, 6.07) is 9.37. The number of halogens is 3. The molecule has 2 rings (SSSR count). The average Bonchev–Trinajstić information content (AvgIpc) is 2.34. The highest BCUT2D eigenvalue weighted by Crippen LogP contribution is 2.26. The highest BCUT2D eigenvalue weighted by Gasteiger charge is 2.04. The van der Waals surface area contributed by atoms with Crippen molar-refractivity contribution >= 4 is 28.9 Å². The second-order valence-corrected chi connectivity index (χ2v) is 4.56. The number of rotatable bonds is 3. The maximum absolute atomic E-state index is 13.0. The van der Waals surface area contributed by atoms with Gasteiger partial charge in [0.15, 0.2) is 0 Å². The number of hydrogen-bond acceptors (Lipinski definition) is 2. The smallest absolute Gasteiger partial charge is 0.144 e. The Balaban J connectivity index is 2.11. The molecule has 0 spiro atoms. The van der Waals surface area contributed by atoms with Crippen molar-refractivity contribution in [3.8, 4) is 5.75 Å². The largest absolute Gasteiger partial charge is 0.487 e. The summed E-state index contributed by atoms with van der Waals surface area (Å²) in [5, 5.41) is 0.603. The van der Waals surface area contributed by atoms with Crippen LogP contribution in [-0.4, -0.2) is 0 Å². The Kier molecular flexibility index (Phi) is 3.94. The van der Waals surface area contributed by atoms with E-state index in [1.54, 1.807) is 24.3 Å². The van der Waals surface area contributed by atoms with Gasteiger partial charge in [0, 0.05) is 11.1 Å². The molecule has 0 heterocycles. The summed E-state index contributed by atoms with van der Waals surface area (Å²) in [5.41, 5.74) is 6.98. The molecule has 0 saturated carbocycles. The molecule has 0 saturated heterocycles. The van der Waals surface area contributed by atoms with E-state index in [-0.39, 0.29) is 11.6 Å². The fourth-order valence-electron chi connectivity index (χ4n) is 1.42. The molecule has 5 heteroatoms. The van der Waals surface area contributed by atoms with E-state index in [0.717, 1.165) is 5.56 Å². The number of anilines is 1. The molecular formula is C13H10Cl2FNO. The van der Waals surface area contributed by atoms with Crippen LogP contribution in [0.3, 0.4) is 0 Å². The van der Waals surface area contributed by atoms with E-state index < -0.39 is 5.82 Å². The summed E-state index contributed by atoms with van der Waals surface area (Å²) in [6.07, 6.45) is 0. The Labute approximate surface area is 114 Å². The van der Waals surface area contributed by atoms with Crippen LogP contribution in [0.1, 0.15) is 5.56 Å². The fraction of sp³-hybridized carbons (Fsp3) is 0.0769. The Morgan fingerprint density at radius 2 is 1.89 bits per heavy atom. The van der Waals surface area contributed by atoms with E-state index in [1.807, 2.05) is 0 Å². The molecule has 0 radical (unpaired) electrons. The molecule has 0 atom stereocenters. The third-order valence-electron chi connectivity index (χ3n) is 2.35. The Hall–Kier alpha value is -1.45. The third-order valence-corrected chi connectivity index (χ3v) is 2.88. The SMILES string of the molecule is Nc1ccc(Cl)cc1OCc1ccc(F)c(Cl)c1. The number of nitrogens with two attached hydrogens (primary N) is 1. The predicted molar refractivity (Wildman–Crippen MR) is 71.6 cm³/mol. The first-order valence-corrected chi connectivity index (χ1v) is 5.93. The van der Waals surface area contributed by atoms with Gasteiger partial charge in [-0.1, -0.05) is 29.3 Å². The molecule has 2 aromatic rings. The lowest BCUT2D eigenvalue weighted by Crippen LogP contribution is -1.99. The van der Waals surface area contributed by atoms with E-state index >= 15 is 0 Å². The Bertz CT molecular complexity index is 575. The van der Waals surface area contributed by atoms with Crippen LogP contribution >= 0.6 is 23.2 Å². The molecule has 0 unspecified atom stereocenters. The highest BCUT2D eigenvalue weighted by atomic mass is 35.5. The van der Waals surface area contributed by atoms with Crippen molar-refractivity contribution in [2.24, 2.45) is 0 Å². The predicted octanol–water partition coefficient (Wildman–Crippen LogP) is 4.29. The van der Waals surface area contributed by atoms with Gasteiger partial charge in [0.2, 0.25) is 0 Å². The van der Waals surface area contributed by atoms with Crippen LogP contribution in [-0.2, 0) is 6.61 Å². The van der Waals surface area contributed by atoms with Crippen LogP contribution in [0, 0.1) is 5.82 Å². The molecule has 0 aromatic heterocycles. The molecule has 2 nitrogen and oxygen atoms in total. The molecule has 2 aromatic carbocycles. The zero-order valence-electron chi connectivity index (χ0n) is 9.29. The van der Waals surface area contributed by atoms with Gasteiger partial charge in [0.05, 0.1) is 10.7 Å². The van der Waals surface area contributed by atoms with E-state index in [0.29, 0.717) is 16.5 Å². The van der Waals surface area contributed by atoms with Crippen LogP contribution in [0.2, 0.25) is 10.0 Å². The van der Waals surface area contributed by atoms with Crippen molar-refractivity contribution in [3.63, 3.8) is 0 Å². The zero-order valence-corrected chi connectivity index (χ0v) is 10.8. The first-order chi connectivity index (χ1) is 8.56. The second-order valence-electron chi connectivity index (χ2n) is 3.72. The summed E-state index contributed by atoms with van der Waals surface area (Å²) in [6.45, 7) is 0.241. The highest BCUT2D eigenvalue weighted by molar-refractivity contribution is 6.31. The standard InChI is InChI=1S/C13H10Cl2FNO/c14-9-2-4-12(17)13(6-9)18-7-8-1-3-11(16)10(15)5-8/h1-6H,7,17H2. The minimum atomic E-state index is -0.456. The van der Waals surface area contributed by atoms with E-state index in [4.69, 9.17) is 33.7 Å². The lowest BCUT2D eigenvalue weighted by atomic mass is 10.2. The normalized spacial score (nSPS) is 10.4. The average molecular weight is 286 g/mol. The lowest BCUT2D eigenvalue weighted by Gasteiger charge is -2.09. The van der Waals surface area contributed by atoms with Gasteiger partial charge in [-0.15, -0.1) is 0 Å². The number of benzene rings is 2. The molecule has 0 aliphatic carbocycles. The lowest BCUT2D eigenvalue weighted by molar-refractivity contribution is 0.308. The maximum Gasteiger partial charge on any atom is 0.144 e. The molecule has 2 N–H and O–H groups in total. The van der Waals surface area contributed by atoms with Crippen LogP contribution in [0.15, 0.2) is 36.4 Å². The van der Waals surface area contributed by atoms with E-state index in [9.17, 15) is 4.39 Å². The van der Waals surface area contributed by atoms with Crippen molar-refractivity contribution in [3.05, 3.63) is 57.8 Å². The van der Waals surface area contributed by atoms with Gasteiger partial charge in [0.1, 0.15) is 18.2 Å². The molecular weight excluding hydrogens is 276 g/mol. The summed E-state index contributed by atoms with van der Waals surface area (Å²) in [4.78, 5) is 0. The van der Waals surface area contributed by atoms with Crippen molar-refractivity contribution < 1.29 is 9.13 Å². The van der Waals surface area contributed by atoms with Gasteiger partial charge < -0.3 is 10.5 Å². The molecule has 0 bridgehead atoms. The molecule has 0 fully saturated rings. The van der Waals surface area contributed by atoms with Crippen molar-refractivity contribution in [2.75, 3.05) is 5.73 Å². The summed E-state index contributed by atoms with van der Waals surface area (Å²) in [7, 11) is 0. The monoisotopic (exact) mass is 285 g/mol. The molecule has 0 aliphatic heterocycles. The van der Waals surface area contributed by atoms with Crippen LogP contribution in [0.4, 0.5) is 10.1 Å². The fourth-order valence-corrected chi connectivity index (χ4v) is 1.79. The summed E-state index contributed by atoms with van der Waals surface area (Å²) in [5.74, 6) is 0.0330. The van der Waals surface area contributed by atoms with Crippen LogP contribution in [0.25, 0.3) is 0 Å². The van der Waals surface area contributed by atoms with Gasteiger partial charge in [-0.05, 0) is 29.8 Å². The van der Waals surface area contributed by atoms with Crippen LogP contribution < -0.4 is 10.5 Å². The van der Waals surface area contributed by atoms with Gasteiger partial charge in [-0.2, -0.15) is 0 Å². The van der Waals surface area contributed by atoms with Gasteiger partial charge in [-0.3, -0.25) is 0 Å². The topological polar surface area (TPSA) is 35.2 Å². The number of ether oxygens (including phenoxy) is 1. The number of hydrogen-bond donors (Lipinski definition) is 1. The maximum atomic E-state index is 13.0. The van der Waals surface area contributed by atoms with E-state index in [1.165, 1.54) is 12.1 Å². The molecule has 0 aliphatic rings. The Morgan fingerprint density at radius 3 is 2.61 bits per heavy atom. The van der Waals surface area contributed by atoms with Crippen molar-refractivity contribution in [1.82, 2.24) is 0 Å². The third kappa shape index (κ3) is 3.06. The number of nitrogen functional groups attached to an aromatic ring is 1. The molecule has 18 heavy (non-hydrogen) atoms. The molecule has 0 amide bonds. The minimum Gasteiger partial charge on any atom is -0.487 e. The summed E-state index contributed by atoms with van der Waals surface area (Å²) >= 11 is 11.5. The van der Waals surface area contributed by atoms with Gasteiger partial charge in [0.25, 0.3) is 0 Å². The minimum absolute atomic E-state index is 0.0650. The van der Waals surface area contributed by atoms with Crippen molar-refractivity contribution in [2.45, 2.75) is 6.61 Å². The van der Waals surface area contributed by atoms with Crippen molar-refractivity contribution in [1.29, 1.82) is 0 Å².